The molecule has 0 bridgehead atoms. The molecule has 0 radical (unpaired) electrons. The molecule has 0 saturated carbocycles. The average Bonchev–Trinajstić information content (AvgIpc) is 3.43. The number of fused-ring (bicyclic) bond motifs is 6. The van der Waals surface area contributed by atoms with Crippen molar-refractivity contribution in [3.05, 3.63) is 138 Å². The van der Waals surface area contributed by atoms with E-state index in [1.165, 1.54) is 22.3 Å². The summed E-state index contributed by atoms with van der Waals surface area (Å²) in [4.78, 5) is 0. The lowest BCUT2D eigenvalue weighted by Gasteiger charge is -2.34. The molecule has 0 aromatic heterocycles. The SMILES string of the molecule is CC1(C)OB(c2ccc3c(c2)Oc2ccc4c(c2O3)-c2ccccc2C4(c2ccccc2)c2ccccc2)OC1(C)C. The molecule has 0 unspecified atom stereocenters. The van der Waals surface area contributed by atoms with Crippen LogP contribution < -0.4 is 14.9 Å². The Kier molecular flexibility index (Phi) is 5.35. The van der Waals surface area contributed by atoms with Gasteiger partial charge in [0.05, 0.1) is 16.6 Å². The van der Waals surface area contributed by atoms with E-state index in [-0.39, 0.29) is 0 Å². The standard InChI is InChI=1S/C37H31BO4/c1-35(2)36(3,4)42-38(41-35)26-19-21-30-32(23-26)39-31-22-20-29-33(34(31)40-30)27-17-11-12-18-28(27)37(29,24-13-7-5-8-14-24)25-15-9-6-10-16-25/h5-23H,1-4H3. The predicted octanol–water partition coefficient (Wildman–Crippen LogP) is 8.25. The van der Waals surface area contributed by atoms with Crippen LogP contribution in [0.3, 0.4) is 0 Å². The van der Waals surface area contributed by atoms with E-state index in [4.69, 9.17) is 18.8 Å². The van der Waals surface area contributed by atoms with Gasteiger partial charge in [-0.05, 0) is 79.2 Å². The lowest BCUT2D eigenvalue weighted by molar-refractivity contribution is 0.00578. The molecule has 8 rings (SSSR count). The highest BCUT2D eigenvalue weighted by Gasteiger charge is 2.52. The van der Waals surface area contributed by atoms with Gasteiger partial charge >= 0.3 is 7.12 Å². The number of hydrogen-bond acceptors (Lipinski definition) is 4. The molecule has 5 heteroatoms. The van der Waals surface area contributed by atoms with E-state index in [9.17, 15) is 0 Å². The molecule has 5 aromatic rings. The van der Waals surface area contributed by atoms with Gasteiger partial charge in [-0.25, -0.2) is 0 Å². The average molecular weight is 550 g/mol. The van der Waals surface area contributed by atoms with E-state index in [1.807, 2.05) is 24.3 Å². The Morgan fingerprint density at radius 3 is 1.79 bits per heavy atom. The Morgan fingerprint density at radius 2 is 1.12 bits per heavy atom. The van der Waals surface area contributed by atoms with Crippen LogP contribution in [-0.2, 0) is 14.7 Å². The predicted molar refractivity (Wildman–Crippen MR) is 166 cm³/mol. The molecular formula is C37H31BO4. The van der Waals surface area contributed by atoms with Crippen LogP contribution in [0.2, 0.25) is 0 Å². The molecule has 0 N–H and O–H groups in total. The van der Waals surface area contributed by atoms with Gasteiger partial charge in [-0.3, -0.25) is 0 Å². The smallest absolute Gasteiger partial charge is 0.450 e. The molecule has 1 saturated heterocycles. The minimum Gasteiger partial charge on any atom is -0.450 e. The van der Waals surface area contributed by atoms with Crippen LogP contribution in [0.25, 0.3) is 11.1 Å². The van der Waals surface area contributed by atoms with Crippen molar-refractivity contribution in [2.45, 2.75) is 44.3 Å². The van der Waals surface area contributed by atoms with Crippen LogP contribution in [0, 0.1) is 0 Å². The zero-order valence-corrected chi connectivity index (χ0v) is 24.2. The third-order valence-corrected chi connectivity index (χ3v) is 9.46. The minimum atomic E-state index is -0.492. The molecule has 206 valence electrons. The van der Waals surface area contributed by atoms with Crippen molar-refractivity contribution in [2.75, 3.05) is 0 Å². The highest BCUT2D eigenvalue weighted by molar-refractivity contribution is 6.62. The first-order valence-electron chi connectivity index (χ1n) is 14.5. The molecule has 5 aromatic carbocycles. The molecule has 3 aliphatic rings. The summed E-state index contributed by atoms with van der Waals surface area (Å²) in [5.41, 5.74) is 6.63. The second-order valence-electron chi connectivity index (χ2n) is 12.3. The third-order valence-electron chi connectivity index (χ3n) is 9.46. The van der Waals surface area contributed by atoms with Crippen molar-refractivity contribution in [2.24, 2.45) is 0 Å². The minimum absolute atomic E-state index is 0.421. The van der Waals surface area contributed by atoms with Crippen molar-refractivity contribution in [3.8, 4) is 34.1 Å². The van der Waals surface area contributed by atoms with E-state index in [2.05, 4.69) is 119 Å². The van der Waals surface area contributed by atoms with Gasteiger partial charge in [-0.2, -0.15) is 0 Å². The van der Waals surface area contributed by atoms with Crippen LogP contribution in [0.15, 0.2) is 115 Å². The van der Waals surface area contributed by atoms with Crippen molar-refractivity contribution >= 4 is 12.6 Å². The fraction of sp³-hybridized carbons (Fsp3) is 0.189. The number of rotatable bonds is 3. The number of benzene rings is 5. The second kappa shape index (κ2) is 8.84. The van der Waals surface area contributed by atoms with E-state index < -0.39 is 23.7 Å². The zero-order chi connectivity index (χ0) is 28.7. The summed E-state index contributed by atoms with van der Waals surface area (Å²) in [6.45, 7) is 8.24. The van der Waals surface area contributed by atoms with Gasteiger partial charge in [-0.1, -0.05) is 97.1 Å². The maximum absolute atomic E-state index is 6.74. The van der Waals surface area contributed by atoms with Crippen LogP contribution in [0.5, 0.6) is 23.0 Å². The Morgan fingerprint density at radius 1 is 0.524 bits per heavy atom. The fourth-order valence-corrected chi connectivity index (χ4v) is 6.71. The number of hydrogen-bond donors (Lipinski definition) is 0. The molecule has 42 heavy (non-hydrogen) atoms. The summed E-state index contributed by atoms with van der Waals surface area (Å²) in [6, 6.07) is 40.4. The lowest BCUT2D eigenvalue weighted by atomic mass is 9.68. The number of ether oxygens (including phenoxy) is 2. The lowest BCUT2D eigenvalue weighted by Crippen LogP contribution is -2.41. The topological polar surface area (TPSA) is 36.9 Å². The second-order valence-corrected chi connectivity index (χ2v) is 12.3. The molecule has 0 amide bonds. The Hall–Kier alpha value is -4.32. The first kappa shape index (κ1) is 25.4. The summed E-state index contributed by atoms with van der Waals surface area (Å²) in [7, 11) is -0.477. The molecule has 4 nitrogen and oxygen atoms in total. The Balaban J connectivity index is 1.28. The molecule has 1 fully saturated rings. The molecular weight excluding hydrogens is 519 g/mol. The van der Waals surface area contributed by atoms with Crippen molar-refractivity contribution in [3.63, 3.8) is 0 Å². The van der Waals surface area contributed by atoms with Gasteiger partial charge in [0.15, 0.2) is 23.0 Å². The highest BCUT2D eigenvalue weighted by Crippen LogP contribution is 2.62. The van der Waals surface area contributed by atoms with Crippen LogP contribution in [0.1, 0.15) is 49.9 Å². The van der Waals surface area contributed by atoms with Crippen LogP contribution in [-0.4, -0.2) is 18.3 Å². The summed E-state index contributed by atoms with van der Waals surface area (Å²) in [5, 5.41) is 0. The summed E-state index contributed by atoms with van der Waals surface area (Å²) < 4.78 is 25.9. The van der Waals surface area contributed by atoms with Gasteiger partial charge in [0, 0.05) is 5.56 Å². The first-order valence-corrected chi connectivity index (χ1v) is 14.5. The van der Waals surface area contributed by atoms with E-state index in [0.717, 1.165) is 22.3 Å². The van der Waals surface area contributed by atoms with Gasteiger partial charge in [0.1, 0.15) is 0 Å². The van der Waals surface area contributed by atoms with Gasteiger partial charge in [-0.15, -0.1) is 0 Å². The highest BCUT2D eigenvalue weighted by atomic mass is 16.7. The van der Waals surface area contributed by atoms with Gasteiger partial charge in [0.2, 0.25) is 0 Å². The molecule has 2 aliphatic heterocycles. The fourth-order valence-electron chi connectivity index (χ4n) is 6.71. The molecule has 0 atom stereocenters. The van der Waals surface area contributed by atoms with Crippen LogP contribution >= 0.6 is 0 Å². The third kappa shape index (κ3) is 3.44. The molecule has 1 aliphatic carbocycles. The Bertz CT molecular complexity index is 1790. The van der Waals surface area contributed by atoms with Gasteiger partial charge < -0.3 is 18.8 Å². The summed E-state index contributed by atoms with van der Waals surface area (Å²) in [6.07, 6.45) is 0. The zero-order valence-electron chi connectivity index (χ0n) is 24.2. The monoisotopic (exact) mass is 550 g/mol. The molecule has 0 spiro atoms. The quantitative estimate of drug-likeness (QED) is 0.208. The van der Waals surface area contributed by atoms with Crippen molar-refractivity contribution in [1.29, 1.82) is 0 Å². The van der Waals surface area contributed by atoms with Crippen molar-refractivity contribution < 1.29 is 18.8 Å². The molecule has 2 heterocycles. The van der Waals surface area contributed by atoms with E-state index in [0.29, 0.717) is 17.2 Å². The largest absolute Gasteiger partial charge is 0.494 e. The summed E-state index contributed by atoms with van der Waals surface area (Å²) >= 11 is 0. The van der Waals surface area contributed by atoms with Crippen molar-refractivity contribution in [1.82, 2.24) is 0 Å². The maximum Gasteiger partial charge on any atom is 0.494 e. The normalized spacial score (nSPS) is 18.2. The van der Waals surface area contributed by atoms with E-state index in [1.54, 1.807) is 0 Å². The Labute approximate surface area is 247 Å². The first-order chi connectivity index (χ1) is 20.3. The van der Waals surface area contributed by atoms with Crippen LogP contribution in [0.4, 0.5) is 0 Å². The van der Waals surface area contributed by atoms with Gasteiger partial charge in [0.25, 0.3) is 0 Å². The maximum atomic E-state index is 6.74. The van der Waals surface area contributed by atoms with E-state index >= 15 is 0 Å². The summed E-state index contributed by atoms with van der Waals surface area (Å²) in [5.74, 6) is 2.76.